The first-order valence-corrected chi connectivity index (χ1v) is 11.6. The number of hydrogen-bond acceptors (Lipinski definition) is 4. The highest BCUT2D eigenvalue weighted by Gasteiger charge is 2.38. The summed E-state index contributed by atoms with van der Waals surface area (Å²) in [7, 11) is 1.47. The van der Waals surface area contributed by atoms with Crippen molar-refractivity contribution in [1.82, 2.24) is 4.90 Å². The maximum absolute atomic E-state index is 15.8. The summed E-state index contributed by atoms with van der Waals surface area (Å²) in [5, 5.41) is 12.3. The van der Waals surface area contributed by atoms with E-state index in [0.29, 0.717) is 23.4 Å². The van der Waals surface area contributed by atoms with Crippen LogP contribution in [0.4, 0.5) is 14.5 Å². The highest BCUT2D eigenvalue weighted by Crippen LogP contribution is 2.46. The SMILES string of the molecule is C=C1C=Cc2c(ccc3c2C[C@@H](C)N(C[C@H](C)CF)[C@@H]3c2c(F)cc(/C=C/C(=O)O)cc2OC)N1. The standard InChI is InChI=1S/C28H30F2N2O3/c1-16(14-29)15-32-18(3)11-22-20-7-5-17(2)31-24(20)9-8-21(22)28(32)27-23(30)12-19(6-10-26(33)34)13-25(27)35-4/h5-10,12-13,16,18,28,31H,2,11,14-15H2,1,3-4H3,(H,33,34)/b10-6+/t16-,18-,28+/m1/s1. The van der Waals surface area contributed by atoms with Gasteiger partial charge in [-0.1, -0.05) is 25.6 Å². The molecule has 0 aliphatic carbocycles. The van der Waals surface area contributed by atoms with Crippen LogP contribution in [0, 0.1) is 11.7 Å². The smallest absolute Gasteiger partial charge is 0.328 e. The van der Waals surface area contributed by atoms with Crippen LogP contribution in [-0.2, 0) is 11.2 Å². The topological polar surface area (TPSA) is 61.8 Å². The Hall–Kier alpha value is -3.45. The predicted octanol–water partition coefficient (Wildman–Crippen LogP) is 5.83. The zero-order chi connectivity index (χ0) is 25.3. The monoisotopic (exact) mass is 480 g/mol. The third-order valence-electron chi connectivity index (χ3n) is 6.64. The van der Waals surface area contributed by atoms with Crippen molar-refractivity contribution >= 4 is 23.8 Å². The van der Waals surface area contributed by atoms with E-state index in [9.17, 15) is 9.18 Å². The first-order valence-electron chi connectivity index (χ1n) is 11.6. The minimum absolute atomic E-state index is 0.0159. The molecule has 2 aliphatic heterocycles. The van der Waals surface area contributed by atoms with Crippen molar-refractivity contribution in [1.29, 1.82) is 0 Å². The maximum Gasteiger partial charge on any atom is 0.328 e. The van der Waals surface area contributed by atoms with E-state index in [1.807, 2.05) is 31.2 Å². The lowest BCUT2D eigenvalue weighted by Gasteiger charge is -2.44. The zero-order valence-corrected chi connectivity index (χ0v) is 20.1. The van der Waals surface area contributed by atoms with Crippen LogP contribution in [0.1, 0.15) is 47.7 Å². The normalized spacial score (nSPS) is 20.3. The number of carboxylic acids is 1. The van der Waals surface area contributed by atoms with Gasteiger partial charge in [0.2, 0.25) is 0 Å². The van der Waals surface area contributed by atoms with Crippen LogP contribution in [0.25, 0.3) is 12.2 Å². The number of benzene rings is 2. The second-order valence-corrected chi connectivity index (χ2v) is 9.28. The van der Waals surface area contributed by atoms with Crippen molar-refractivity contribution in [3.63, 3.8) is 0 Å². The molecule has 0 unspecified atom stereocenters. The Morgan fingerprint density at radius 1 is 1.37 bits per heavy atom. The Balaban J connectivity index is 1.92. The summed E-state index contributed by atoms with van der Waals surface area (Å²) in [6.07, 6.45) is 6.98. The molecule has 0 saturated heterocycles. The van der Waals surface area contributed by atoms with Crippen LogP contribution in [-0.4, -0.2) is 42.3 Å². The minimum Gasteiger partial charge on any atom is -0.496 e. The number of allylic oxidation sites excluding steroid dienone is 1. The van der Waals surface area contributed by atoms with E-state index in [4.69, 9.17) is 9.84 Å². The average Bonchev–Trinajstić information content (AvgIpc) is 2.82. The van der Waals surface area contributed by atoms with Gasteiger partial charge in [0.15, 0.2) is 0 Å². The molecule has 35 heavy (non-hydrogen) atoms. The van der Waals surface area contributed by atoms with E-state index in [0.717, 1.165) is 40.6 Å². The van der Waals surface area contributed by atoms with Gasteiger partial charge in [-0.3, -0.25) is 9.29 Å². The largest absolute Gasteiger partial charge is 0.496 e. The van der Waals surface area contributed by atoms with Gasteiger partial charge < -0.3 is 15.2 Å². The number of nitrogens with zero attached hydrogens (tertiary/aromatic N) is 1. The summed E-state index contributed by atoms with van der Waals surface area (Å²) in [5.41, 5.74) is 5.59. The average molecular weight is 481 g/mol. The highest BCUT2D eigenvalue weighted by atomic mass is 19.1. The number of fused-ring (bicyclic) bond motifs is 3. The number of methoxy groups -OCH3 is 1. The second kappa shape index (κ2) is 10.0. The lowest BCUT2D eigenvalue weighted by molar-refractivity contribution is -0.131. The van der Waals surface area contributed by atoms with Gasteiger partial charge in [-0.2, -0.15) is 0 Å². The Kier molecular flexibility index (Phi) is 7.08. The van der Waals surface area contributed by atoms with Crippen molar-refractivity contribution in [3.05, 3.63) is 82.3 Å². The van der Waals surface area contributed by atoms with Gasteiger partial charge in [-0.25, -0.2) is 9.18 Å². The van der Waals surface area contributed by atoms with E-state index in [2.05, 4.69) is 23.7 Å². The van der Waals surface area contributed by atoms with Crippen LogP contribution in [0.3, 0.4) is 0 Å². The highest BCUT2D eigenvalue weighted by molar-refractivity contribution is 5.85. The first-order chi connectivity index (χ1) is 16.7. The van der Waals surface area contributed by atoms with E-state index < -0.39 is 24.5 Å². The van der Waals surface area contributed by atoms with Gasteiger partial charge in [0.1, 0.15) is 11.6 Å². The molecule has 0 aromatic heterocycles. The van der Waals surface area contributed by atoms with Crippen molar-refractivity contribution in [2.45, 2.75) is 32.4 Å². The lowest BCUT2D eigenvalue weighted by Crippen LogP contribution is -2.45. The van der Waals surface area contributed by atoms with Crippen molar-refractivity contribution in [3.8, 4) is 5.75 Å². The van der Waals surface area contributed by atoms with Gasteiger partial charge in [-0.05, 0) is 66.3 Å². The third kappa shape index (κ3) is 4.86. The van der Waals surface area contributed by atoms with E-state index in [-0.39, 0.29) is 12.0 Å². The molecule has 7 heteroatoms. The molecule has 184 valence electrons. The van der Waals surface area contributed by atoms with Crippen molar-refractivity contribution in [2.75, 3.05) is 25.6 Å². The quantitative estimate of drug-likeness (QED) is 0.489. The number of nitrogens with one attached hydrogen (secondary N) is 1. The molecule has 0 amide bonds. The molecular weight excluding hydrogens is 450 g/mol. The lowest BCUT2D eigenvalue weighted by atomic mass is 9.80. The second-order valence-electron chi connectivity index (χ2n) is 9.28. The number of ether oxygens (including phenoxy) is 1. The van der Waals surface area contributed by atoms with E-state index in [1.54, 1.807) is 6.07 Å². The fraction of sp³-hybridized carbons (Fsp3) is 0.321. The molecule has 0 saturated carbocycles. The van der Waals surface area contributed by atoms with Crippen LogP contribution in [0.15, 0.2) is 48.7 Å². The van der Waals surface area contributed by atoms with Crippen LogP contribution in [0.2, 0.25) is 0 Å². The number of aliphatic carboxylic acids is 1. The molecule has 0 radical (unpaired) electrons. The van der Waals surface area contributed by atoms with Gasteiger partial charge in [-0.15, -0.1) is 0 Å². The Bertz CT molecular complexity index is 1220. The fourth-order valence-electron chi connectivity index (χ4n) is 5.04. The molecular formula is C28H30F2N2O3. The number of anilines is 1. The summed E-state index contributed by atoms with van der Waals surface area (Å²) in [5.74, 6) is -1.53. The van der Waals surface area contributed by atoms with Crippen LogP contribution in [0.5, 0.6) is 5.75 Å². The minimum atomic E-state index is -1.12. The molecule has 2 aromatic carbocycles. The fourth-order valence-corrected chi connectivity index (χ4v) is 5.04. The van der Waals surface area contributed by atoms with Crippen LogP contribution >= 0.6 is 0 Å². The molecule has 0 spiro atoms. The number of halogens is 2. The molecule has 5 nitrogen and oxygen atoms in total. The van der Waals surface area contributed by atoms with Crippen molar-refractivity contribution in [2.24, 2.45) is 5.92 Å². The zero-order valence-electron chi connectivity index (χ0n) is 20.1. The van der Waals surface area contributed by atoms with Gasteiger partial charge in [0.05, 0.1) is 25.4 Å². The number of rotatable bonds is 7. The first kappa shape index (κ1) is 24.7. The number of hydrogen-bond donors (Lipinski definition) is 2. The molecule has 2 heterocycles. The summed E-state index contributed by atoms with van der Waals surface area (Å²) < 4.78 is 35.0. The Morgan fingerprint density at radius 2 is 2.14 bits per heavy atom. The summed E-state index contributed by atoms with van der Waals surface area (Å²) in [4.78, 5) is 13.1. The van der Waals surface area contributed by atoms with Crippen LogP contribution < -0.4 is 10.1 Å². The summed E-state index contributed by atoms with van der Waals surface area (Å²) >= 11 is 0. The third-order valence-corrected chi connectivity index (χ3v) is 6.64. The summed E-state index contributed by atoms with van der Waals surface area (Å²) in [6.45, 7) is 7.88. The van der Waals surface area contributed by atoms with Gasteiger partial charge >= 0.3 is 5.97 Å². The molecule has 4 rings (SSSR count). The van der Waals surface area contributed by atoms with Gasteiger partial charge in [0, 0.05) is 35.6 Å². The van der Waals surface area contributed by atoms with Gasteiger partial charge in [0.25, 0.3) is 0 Å². The molecule has 3 atom stereocenters. The predicted molar refractivity (Wildman–Crippen MR) is 135 cm³/mol. The molecule has 2 N–H and O–H groups in total. The molecule has 0 fully saturated rings. The molecule has 2 aromatic rings. The molecule has 0 bridgehead atoms. The summed E-state index contributed by atoms with van der Waals surface area (Å²) in [6, 6.07) is 6.43. The van der Waals surface area contributed by atoms with E-state index in [1.165, 1.54) is 19.3 Å². The number of carboxylic acid groups (broad SMARTS) is 1. The number of alkyl halides is 1. The molecule has 2 aliphatic rings. The Morgan fingerprint density at radius 3 is 2.83 bits per heavy atom. The number of carbonyl (C=O) groups is 1. The Labute approximate surface area is 204 Å². The maximum atomic E-state index is 15.8. The van der Waals surface area contributed by atoms with Crippen molar-refractivity contribution < 1.29 is 23.4 Å². The van der Waals surface area contributed by atoms with E-state index >= 15 is 4.39 Å².